The van der Waals surface area contributed by atoms with Crippen LogP contribution >= 0.6 is 11.8 Å². The Morgan fingerprint density at radius 3 is 2.32 bits per heavy atom. The van der Waals surface area contributed by atoms with Gasteiger partial charge < -0.3 is 0 Å². The molecule has 1 heterocycles. The van der Waals surface area contributed by atoms with Crippen molar-refractivity contribution in [2.75, 3.05) is 0 Å². The lowest BCUT2D eigenvalue weighted by atomic mass is 10.2. The zero-order valence-corrected chi connectivity index (χ0v) is 15.2. The summed E-state index contributed by atoms with van der Waals surface area (Å²) in [5.74, 6) is -0.367. The molecular formula is C20H19FN2OS. The first-order chi connectivity index (χ1) is 11.9. The number of hydrogen-bond donors (Lipinski definition) is 0. The van der Waals surface area contributed by atoms with Crippen LogP contribution in [0, 0.1) is 12.7 Å². The van der Waals surface area contributed by atoms with Gasteiger partial charge in [-0.3, -0.25) is 9.69 Å². The molecular weight excluding hydrogens is 335 g/mol. The van der Waals surface area contributed by atoms with Crippen molar-refractivity contribution in [3.63, 3.8) is 0 Å². The van der Waals surface area contributed by atoms with Gasteiger partial charge in [-0.25, -0.2) is 9.38 Å². The van der Waals surface area contributed by atoms with Gasteiger partial charge in [0.1, 0.15) is 5.82 Å². The van der Waals surface area contributed by atoms with Crippen LogP contribution in [0.25, 0.3) is 6.08 Å². The first kappa shape index (κ1) is 17.4. The Labute approximate surface area is 151 Å². The van der Waals surface area contributed by atoms with Crippen LogP contribution in [0.4, 0.5) is 10.1 Å². The number of thioether (sulfide) groups is 1. The van der Waals surface area contributed by atoms with Gasteiger partial charge in [0.25, 0.3) is 5.91 Å². The molecule has 3 rings (SSSR count). The molecule has 0 aliphatic carbocycles. The van der Waals surface area contributed by atoms with Crippen molar-refractivity contribution in [1.29, 1.82) is 0 Å². The van der Waals surface area contributed by atoms with E-state index in [0.717, 1.165) is 16.8 Å². The zero-order chi connectivity index (χ0) is 18.0. The number of aliphatic imine (C=N–C) groups is 1. The van der Waals surface area contributed by atoms with Crippen LogP contribution in [0.15, 0.2) is 58.4 Å². The van der Waals surface area contributed by atoms with E-state index in [0.29, 0.717) is 10.1 Å². The van der Waals surface area contributed by atoms with Crippen LogP contribution in [0.5, 0.6) is 0 Å². The van der Waals surface area contributed by atoms with Crippen LogP contribution in [0.1, 0.15) is 25.0 Å². The number of benzene rings is 2. The van der Waals surface area contributed by atoms with Crippen LogP contribution in [0.2, 0.25) is 0 Å². The number of carbonyl (C=O) groups is 1. The maximum Gasteiger partial charge on any atom is 0.266 e. The quantitative estimate of drug-likeness (QED) is 0.714. The molecule has 0 N–H and O–H groups in total. The summed E-state index contributed by atoms with van der Waals surface area (Å²) in [6.45, 7) is 5.95. The monoisotopic (exact) mass is 354 g/mol. The average Bonchev–Trinajstić information content (AvgIpc) is 2.87. The molecule has 1 aliphatic heterocycles. The standard InChI is InChI=1S/C20H19FN2OS/c1-13(2)23-19(24)18(12-15-6-8-16(21)9-7-15)25-20(23)22-17-10-4-14(3)5-11-17/h4-13H,1-3H3/b18-12+,22-20?. The third-order valence-corrected chi connectivity index (χ3v) is 4.76. The number of nitrogens with zero attached hydrogens (tertiary/aromatic N) is 2. The maximum atomic E-state index is 13.1. The molecule has 0 unspecified atom stereocenters. The molecule has 128 valence electrons. The molecule has 0 radical (unpaired) electrons. The molecule has 1 fully saturated rings. The van der Waals surface area contributed by atoms with Crippen molar-refractivity contribution in [1.82, 2.24) is 4.90 Å². The topological polar surface area (TPSA) is 32.7 Å². The second-order valence-electron chi connectivity index (χ2n) is 6.16. The van der Waals surface area contributed by atoms with Crippen molar-refractivity contribution in [3.05, 3.63) is 70.4 Å². The van der Waals surface area contributed by atoms with Crippen LogP contribution in [-0.2, 0) is 4.79 Å². The van der Waals surface area contributed by atoms with Gasteiger partial charge >= 0.3 is 0 Å². The Hall–Kier alpha value is -2.40. The van der Waals surface area contributed by atoms with Gasteiger partial charge in [0, 0.05) is 6.04 Å². The number of carbonyl (C=O) groups excluding carboxylic acids is 1. The predicted octanol–water partition coefficient (Wildman–Crippen LogP) is 5.15. The molecule has 2 aromatic rings. The molecule has 5 heteroatoms. The third-order valence-electron chi connectivity index (χ3n) is 3.78. The minimum Gasteiger partial charge on any atom is -0.284 e. The van der Waals surface area contributed by atoms with Gasteiger partial charge in [0.15, 0.2) is 5.17 Å². The van der Waals surface area contributed by atoms with E-state index >= 15 is 0 Å². The fourth-order valence-corrected chi connectivity index (χ4v) is 3.58. The molecule has 0 spiro atoms. The van der Waals surface area contributed by atoms with Crippen LogP contribution < -0.4 is 0 Å². The summed E-state index contributed by atoms with van der Waals surface area (Å²) >= 11 is 1.35. The summed E-state index contributed by atoms with van der Waals surface area (Å²) in [6.07, 6.45) is 1.78. The van der Waals surface area contributed by atoms with E-state index in [1.165, 1.54) is 23.9 Å². The minimum atomic E-state index is -0.294. The Morgan fingerprint density at radius 2 is 1.72 bits per heavy atom. The Kier molecular flexibility index (Phi) is 5.04. The van der Waals surface area contributed by atoms with E-state index in [1.807, 2.05) is 45.0 Å². The number of amidine groups is 1. The lowest BCUT2D eigenvalue weighted by Crippen LogP contribution is -2.35. The van der Waals surface area contributed by atoms with Crippen LogP contribution in [0.3, 0.4) is 0 Å². The van der Waals surface area contributed by atoms with Crippen molar-refractivity contribution in [2.45, 2.75) is 26.8 Å². The molecule has 0 atom stereocenters. The summed E-state index contributed by atoms with van der Waals surface area (Å²) in [4.78, 5) is 19.7. The van der Waals surface area contributed by atoms with E-state index in [2.05, 4.69) is 4.99 Å². The normalized spacial score (nSPS) is 18.0. The first-order valence-electron chi connectivity index (χ1n) is 8.08. The SMILES string of the molecule is Cc1ccc(N=C2S/C(=C/c3ccc(F)cc3)C(=O)N2C(C)C)cc1. The van der Waals surface area contributed by atoms with E-state index in [9.17, 15) is 9.18 Å². The first-order valence-corrected chi connectivity index (χ1v) is 8.90. The van der Waals surface area contributed by atoms with E-state index < -0.39 is 0 Å². The number of aryl methyl sites for hydroxylation is 1. The average molecular weight is 354 g/mol. The lowest BCUT2D eigenvalue weighted by molar-refractivity contribution is -0.123. The van der Waals surface area contributed by atoms with Gasteiger partial charge in [0.05, 0.1) is 10.6 Å². The summed E-state index contributed by atoms with van der Waals surface area (Å²) in [5, 5.41) is 0.664. The van der Waals surface area contributed by atoms with Crippen molar-refractivity contribution < 1.29 is 9.18 Å². The van der Waals surface area contributed by atoms with Gasteiger partial charge in [-0.05, 0) is 68.4 Å². The third kappa shape index (κ3) is 3.99. The highest BCUT2D eigenvalue weighted by atomic mass is 32.2. The highest BCUT2D eigenvalue weighted by Gasteiger charge is 2.35. The minimum absolute atomic E-state index is 0.00307. The van der Waals surface area contributed by atoms with Crippen molar-refractivity contribution >= 4 is 34.6 Å². The highest BCUT2D eigenvalue weighted by molar-refractivity contribution is 8.18. The van der Waals surface area contributed by atoms with Gasteiger partial charge in [0.2, 0.25) is 0 Å². The highest BCUT2D eigenvalue weighted by Crippen LogP contribution is 2.35. The number of hydrogen-bond acceptors (Lipinski definition) is 3. The second-order valence-corrected chi connectivity index (χ2v) is 7.17. The number of amides is 1. The summed E-state index contributed by atoms with van der Waals surface area (Å²) < 4.78 is 13.1. The fraction of sp³-hybridized carbons (Fsp3) is 0.200. The Bertz CT molecular complexity index is 839. The van der Waals surface area contributed by atoms with E-state index in [1.54, 1.807) is 23.1 Å². The van der Waals surface area contributed by atoms with Gasteiger partial charge in [-0.1, -0.05) is 29.8 Å². The van der Waals surface area contributed by atoms with E-state index in [4.69, 9.17) is 0 Å². The summed E-state index contributed by atoms with van der Waals surface area (Å²) in [7, 11) is 0. The molecule has 1 saturated heterocycles. The molecule has 3 nitrogen and oxygen atoms in total. The Morgan fingerprint density at radius 1 is 1.08 bits per heavy atom. The maximum absolute atomic E-state index is 13.1. The summed E-state index contributed by atoms with van der Waals surface area (Å²) in [6, 6.07) is 14.0. The van der Waals surface area contributed by atoms with E-state index in [-0.39, 0.29) is 17.8 Å². The second kappa shape index (κ2) is 7.23. The molecule has 2 aromatic carbocycles. The molecule has 0 bridgehead atoms. The zero-order valence-electron chi connectivity index (χ0n) is 14.4. The largest absolute Gasteiger partial charge is 0.284 e. The smallest absolute Gasteiger partial charge is 0.266 e. The van der Waals surface area contributed by atoms with Gasteiger partial charge in [-0.2, -0.15) is 0 Å². The molecule has 25 heavy (non-hydrogen) atoms. The number of rotatable bonds is 3. The van der Waals surface area contributed by atoms with Crippen molar-refractivity contribution in [2.24, 2.45) is 4.99 Å². The lowest BCUT2D eigenvalue weighted by Gasteiger charge is -2.19. The number of halogens is 1. The fourth-order valence-electron chi connectivity index (χ4n) is 2.46. The Balaban J connectivity index is 1.95. The van der Waals surface area contributed by atoms with Crippen molar-refractivity contribution in [3.8, 4) is 0 Å². The molecule has 0 aromatic heterocycles. The van der Waals surface area contributed by atoms with Crippen LogP contribution in [-0.4, -0.2) is 22.0 Å². The predicted molar refractivity (Wildman–Crippen MR) is 102 cm³/mol. The molecule has 1 aliphatic rings. The summed E-state index contributed by atoms with van der Waals surface area (Å²) in [5.41, 5.74) is 2.77. The molecule has 0 saturated carbocycles. The molecule has 1 amide bonds. The van der Waals surface area contributed by atoms with Gasteiger partial charge in [-0.15, -0.1) is 0 Å².